The highest BCUT2D eigenvalue weighted by Gasteiger charge is 2.25. The summed E-state index contributed by atoms with van der Waals surface area (Å²) in [6.45, 7) is 13.6. The van der Waals surface area contributed by atoms with Gasteiger partial charge in [0.25, 0.3) is 0 Å². The molecule has 4 aromatic carbocycles. The van der Waals surface area contributed by atoms with Crippen molar-refractivity contribution < 1.29 is 10.2 Å². The highest BCUT2D eigenvalue weighted by molar-refractivity contribution is 6.87. The fourth-order valence-corrected chi connectivity index (χ4v) is 10.5. The molecular weight excluding hydrogens is 521 g/mol. The zero-order chi connectivity index (χ0) is 28.9. The van der Waals surface area contributed by atoms with Crippen molar-refractivity contribution in [3.8, 4) is 45.6 Å². The van der Waals surface area contributed by atoms with Gasteiger partial charge >= 0.3 is 0 Å². The van der Waals surface area contributed by atoms with E-state index < -0.39 is 16.1 Å². The fraction of sp³-hybridized carbons (Fsp3) is 0.333. The molecule has 40 heavy (non-hydrogen) atoms. The molecule has 2 N–H and O–H groups in total. The maximum absolute atomic E-state index is 11.3. The van der Waals surface area contributed by atoms with Gasteiger partial charge in [-0.2, -0.15) is 0 Å². The molecule has 0 fully saturated rings. The number of phenolic OH excluding ortho intramolecular Hbond substituents is 2. The van der Waals surface area contributed by atoms with Crippen LogP contribution >= 0.6 is 0 Å². The number of aromatic hydroxyl groups is 2. The lowest BCUT2D eigenvalue weighted by Gasteiger charge is -2.20. The minimum atomic E-state index is -1.53. The van der Waals surface area contributed by atoms with Crippen LogP contribution in [-0.4, -0.2) is 26.4 Å². The van der Waals surface area contributed by atoms with E-state index in [0.717, 1.165) is 32.7 Å². The van der Waals surface area contributed by atoms with E-state index in [9.17, 15) is 10.2 Å². The Bertz CT molecular complexity index is 1510. The standard InChI is InChI=1S/C36H42O2Si2/c1-7-39(8-2,9-3)23-21-27-13-17-31-29(25-27)15-19-33(35(31)37)34-20-16-30-26-28(14-18-32(30)36(34)38)22-24-40(10-4,11-5)12-6/h13-20,25-26,37-38H,7-12H2,1-6H3. The molecule has 0 saturated heterocycles. The Kier molecular flexibility index (Phi) is 9.14. The lowest BCUT2D eigenvalue weighted by Crippen LogP contribution is -2.29. The van der Waals surface area contributed by atoms with Gasteiger partial charge in [-0.3, -0.25) is 0 Å². The first-order valence-electron chi connectivity index (χ1n) is 14.9. The van der Waals surface area contributed by atoms with Crippen molar-refractivity contribution in [1.82, 2.24) is 0 Å². The van der Waals surface area contributed by atoms with Gasteiger partial charge in [-0.05, 0) is 95.6 Å². The Balaban J connectivity index is 1.71. The van der Waals surface area contributed by atoms with Crippen molar-refractivity contribution in [3.63, 3.8) is 0 Å². The molecule has 4 heteroatoms. The van der Waals surface area contributed by atoms with Crippen molar-refractivity contribution >= 4 is 37.7 Å². The molecule has 0 aliphatic carbocycles. The van der Waals surface area contributed by atoms with Gasteiger partial charge in [0.05, 0.1) is 0 Å². The number of phenols is 2. The molecule has 2 nitrogen and oxygen atoms in total. The first-order chi connectivity index (χ1) is 19.3. The molecule has 0 aliphatic heterocycles. The Morgan fingerprint density at radius 2 is 0.850 bits per heavy atom. The molecule has 0 spiro atoms. The van der Waals surface area contributed by atoms with E-state index in [1.165, 1.54) is 36.3 Å². The maximum atomic E-state index is 11.3. The van der Waals surface area contributed by atoms with Crippen molar-refractivity contribution in [2.45, 2.75) is 77.8 Å². The van der Waals surface area contributed by atoms with E-state index in [2.05, 4.69) is 76.6 Å². The molecule has 0 aliphatic rings. The number of hydrogen-bond donors (Lipinski definition) is 2. The van der Waals surface area contributed by atoms with E-state index in [1.54, 1.807) is 0 Å². The summed E-state index contributed by atoms with van der Waals surface area (Å²) >= 11 is 0. The molecule has 0 heterocycles. The summed E-state index contributed by atoms with van der Waals surface area (Å²) in [6, 6.07) is 26.8. The Morgan fingerprint density at radius 1 is 0.500 bits per heavy atom. The summed E-state index contributed by atoms with van der Waals surface area (Å²) in [7, 11) is -3.05. The van der Waals surface area contributed by atoms with Crippen molar-refractivity contribution in [1.29, 1.82) is 0 Å². The molecule has 0 atom stereocenters. The van der Waals surface area contributed by atoms with Crippen LogP contribution < -0.4 is 0 Å². The summed E-state index contributed by atoms with van der Waals surface area (Å²) in [6.07, 6.45) is 0. The summed E-state index contributed by atoms with van der Waals surface area (Å²) in [5.41, 5.74) is 10.5. The van der Waals surface area contributed by atoms with Crippen molar-refractivity contribution in [2.75, 3.05) is 0 Å². The maximum Gasteiger partial charge on any atom is 0.138 e. The van der Waals surface area contributed by atoms with Gasteiger partial charge in [-0.25, -0.2) is 0 Å². The summed E-state index contributed by atoms with van der Waals surface area (Å²) < 4.78 is 0. The highest BCUT2D eigenvalue weighted by Crippen LogP contribution is 2.42. The molecule has 0 aromatic heterocycles. The molecule has 206 valence electrons. The van der Waals surface area contributed by atoms with Gasteiger partial charge in [0.1, 0.15) is 27.6 Å². The van der Waals surface area contributed by atoms with Gasteiger partial charge in [-0.15, -0.1) is 11.1 Å². The van der Waals surface area contributed by atoms with Crippen LogP contribution in [0.5, 0.6) is 11.5 Å². The van der Waals surface area contributed by atoms with Crippen molar-refractivity contribution in [2.24, 2.45) is 0 Å². The minimum absolute atomic E-state index is 0.175. The van der Waals surface area contributed by atoms with Crippen LogP contribution in [0.25, 0.3) is 32.7 Å². The summed E-state index contributed by atoms with van der Waals surface area (Å²) in [5, 5.41) is 25.9. The van der Waals surface area contributed by atoms with Crippen LogP contribution in [0.15, 0.2) is 60.7 Å². The van der Waals surface area contributed by atoms with Crippen LogP contribution in [0.1, 0.15) is 52.7 Å². The first-order valence-corrected chi connectivity index (χ1v) is 20.1. The van der Waals surface area contributed by atoms with Gasteiger partial charge in [-0.1, -0.05) is 65.5 Å². The monoisotopic (exact) mass is 562 g/mol. The molecular formula is C36H42O2Si2. The number of rotatable bonds is 7. The number of hydrogen-bond acceptors (Lipinski definition) is 2. The average Bonchev–Trinajstić information content (AvgIpc) is 3.00. The number of fused-ring (bicyclic) bond motifs is 2. The predicted octanol–water partition coefficient (Wildman–Crippen LogP) is 9.87. The largest absolute Gasteiger partial charge is 0.507 e. The molecule has 4 rings (SSSR count). The van der Waals surface area contributed by atoms with E-state index in [0.29, 0.717) is 11.1 Å². The highest BCUT2D eigenvalue weighted by atomic mass is 28.3. The third-order valence-corrected chi connectivity index (χ3v) is 18.7. The smallest absolute Gasteiger partial charge is 0.138 e. The molecule has 0 bridgehead atoms. The van der Waals surface area contributed by atoms with Gasteiger partial charge in [0.15, 0.2) is 0 Å². The van der Waals surface area contributed by atoms with E-state index in [-0.39, 0.29) is 11.5 Å². The third kappa shape index (κ3) is 5.71. The Labute approximate surface area is 242 Å². The molecule has 0 unspecified atom stereocenters. The molecule has 0 amide bonds. The second-order valence-corrected chi connectivity index (χ2v) is 20.8. The first kappa shape index (κ1) is 29.5. The van der Waals surface area contributed by atoms with E-state index >= 15 is 0 Å². The zero-order valence-electron chi connectivity index (χ0n) is 24.9. The van der Waals surface area contributed by atoms with E-state index in [4.69, 9.17) is 0 Å². The Morgan fingerprint density at radius 3 is 1.18 bits per heavy atom. The predicted molar refractivity (Wildman–Crippen MR) is 178 cm³/mol. The Hall–Kier alpha value is -3.45. The van der Waals surface area contributed by atoms with Crippen LogP contribution in [0.4, 0.5) is 0 Å². The quantitative estimate of drug-likeness (QED) is 0.174. The van der Waals surface area contributed by atoms with E-state index in [1.807, 2.05) is 48.5 Å². The van der Waals surface area contributed by atoms with Gasteiger partial charge in [0.2, 0.25) is 0 Å². The van der Waals surface area contributed by atoms with Crippen molar-refractivity contribution in [3.05, 3.63) is 71.8 Å². The minimum Gasteiger partial charge on any atom is -0.507 e. The molecule has 0 radical (unpaired) electrons. The van der Waals surface area contributed by atoms with Crippen LogP contribution in [-0.2, 0) is 0 Å². The number of benzene rings is 4. The second-order valence-electron chi connectivity index (χ2n) is 11.0. The summed E-state index contributed by atoms with van der Waals surface area (Å²) in [4.78, 5) is 0. The molecule has 4 aromatic rings. The zero-order valence-corrected chi connectivity index (χ0v) is 26.9. The topological polar surface area (TPSA) is 40.5 Å². The lowest BCUT2D eigenvalue weighted by molar-refractivity contribution is 0.475. The van der Waals surface area contributed by atoms with Gasteiger partial charge in [0, 0.05) is 33.0 Å². The average molecular weight is 563 g/mol. The molecule has 0 saturated carbocycles. The second kappa shape index (κ2) is 12.4. The third-order valence-electron chi connectivity index (χ3n) is 9.28. The SMILES string of the molecule is CC[Si](C#Cc1ccc2c(O)c(-c3ccc4cc(C#C[Si](CC)(CC)CC)ccc4c3O)ccc2c1)(CC)CC. The summed E-state index contributed by atoms with van der Waals surface area (Å²) in [5.74, 6) is 7.23. The van der Waals surface area contributed by atoms with Gasteiger partial charge < -0.3 is 10.2 Å². The normalized spacial score (nSPS) is 11.7. The van der Waals surface area contributed by atoms with Crippen LogP contribution in [0.3, 0.4) is 0 Å². The van der Waals surface area contributed by atoms with Crippen LogP contribution in [0, 0.1) is 22.9 Å². The van der Waals surface area contributed by atoms with Crippen LogP contribution in [0.2, 0.25) is 36.3 Å². The lowest BCUT2D eigenvalue weighted by atomic mass is 9.95. The fourth-order valence-electron chi connectivity index (χ4n) is 5.66.